The predicted octanol–water partition coefficient (Wildman–Crippen LogP) is 5.14. The summed E-state index contributed by atoms with van der Waals surface area (Å²) in [6.45, 7) is 2.11. The first-order chi connectivity index (χ1) is 6.66. The minimum Gasteiger partial charge on any atom is -0.139 e. The van der Waals surface area contributed by atoms with Gasteiger partial charge in [-0.3, -0.25) is 0 Å². The van der Waals surface area contributed by atoms with Crippen molar-refractivity contribution in [2.45, 2.75) is 6.92 Å². The molecule has 3 heteroatoms. The van der Waals surface area contributed by atoms with Gasteiger partial charge in [0.1, 0.15) is 0 Å². The number of hydrogen-bond acceptors (Lipinski definition) is 1. The van der Waals surface area contributed by atoms with Crippen molar-refractivity contribution in [3.05, 3.63) is 44.7 Å². The normalized spacial score (nSPS) is 10.5. The molecule has 0 bridgehead atoms. The summed E-state index contributed by atoms with van der Waals surface area (Å²) in [4.78, 5) is 2.57. The molecule has 0 spiro atoms. The van der Waals surface area contributed by atoms with Crippen LogP contribution in [0.5, 0.6) is 0 Å². The van der Waals surface area contributed by atoms with Gasteiger partial charge in [-0.05, 0) is 46.6 Å². The summed E-state index contributed by atoms with van der Waals surface area (Å²) in [7, 11) is 0. The van der Waals surface area contributed by atoms with E-state index >= 15 is 0 Å². The molecule has 1 heterocycles. The lowest BCUT2D eigenvalue weighted by Gasteiger charge is -1.96. The molecule has 0 aliphatic carbocycles. The van der Waals surface area contributed by atoms with Crippen LogP contribution in [0, 0.1) is 6.92 Å². The minimum absolute atomic E-state index is 0.779. The van der Waals surface area contributed by atoms with Crippen molar-refractivity contribution in [3.63, 3.8) is 0 Å². The molecule has 0 unspecified atom stereocenters. The number of halogens is 2. The molecule has 0 saturated carbocycles. The molecule has 2 rings (SSSR count). The van der Waals surface area contributed by atoms with Gasteiger partial charge in [0, 0.05) is 19.2 Å². The Labute approximate surface area is 101 Å². The van der Waals surface area contributed by atoms with Crippen molar-refractivity contribution in [1.29, 1.82) is 0 Å². The molecule has 1 aromatic heterocycles. The first kappa shape index (κ1) is 10.2. The fourth-order valence-corrected chi connectivity index (χ4v) is 2.88. The van der Waals surface area contributed by atoms with E-state index in [4.69, 9.17) is 11.6 Å². The average Bonchev–Trinajstić information content (AvgIpc) is 2.48. The molecule has 72 valence electrons. The predicted molar refractivity (Wildman–Crippen MR) is 67.2 cm³/mol. The average molecular weight is 288 g/mol. The van der Waals surface area contributed by atoms with Crippen LogP contribution < -0.4 is 0 Å². The first-order valence-electron chi connectivity index (χ1n) is 4.18. The lowest BCUT2D eigenvalue weighted by Crippen LogP contribution is -1.69. The first-order valence-corrected chi connectivity index (χ1v) is 6.17. The van der Waals surface area contributed by atoms with Crippen molar-refractivity contribution in [3.8, 4) is 10.4 Å². The summed E-state index contributed by atoms with van der Waals surface area (Å²) in [6, 6.07) is 10.1. The molecule has 0 amide bonds. The van der Waals surface area contributed by atoms with E-state index in [1.54, 1.807) is 11.3 Å². The van der Waals surface area contributed by atoms with Crippen LogP contribution >= 0.6 is 38.9 Å². The van der Waals surface area contributed by atoms with Gasteiger partial charge in [-0.25, -0.2) is 0 Å². The number of aryl methyl sites for hydroxylation is 1. The van der Waals surface area contributed by atoms with E-state index in [1.807, 2.05) is 24.3 Å². The van der Waals surface area contributed by atoms with Crippen molar-refractivity contribution < 1.29 is 0 Å². The molecule has 1 aromatic carbocycles. The van der Waals surface area contributed by atoms with Gasteiger partial charge < -0.3 is 0 Å². The number of rotatable bonds is 1. The summed E-state index contributed by atoms with van der Waals surface area (Å²) in [5.74, 6) is 0. The fourth-order valence-electron chi connectivity index (χ4n) is 1.22. The van der Waals surface area contributed by atoms with Gasteiger partial charge in [0.2, 0.25) is 0 Å². The monoisotopic (exact) mass is 286 g/mol. The number of hydrogen-bond donors (Lipinski definition) is 0. The Morgan fingerprint density at radius 3 is 2.36 bits per heavy atom. The maximum absolute atomic E-state index is 5.83. The lowest BCUT2D eigenvalue weighted by molar-refractivity contribution is 1.59. The molecule has 0 aliphatic rings. The van der Waals surface area contributed by atoms with Gasteiger partial charge in [0.15, 0.2) is 0 Å². The van der Waals surface area contributed by atoms with Crippen LogP contribution in [0.3, 0.4) is 0 Å². The summed E-state index contributed by atoms with van der Waals surface area (Å²) >= 11 is 11.1. The smallest absolute Gasteiger partial charge is 0.0406 e. The Hall–Kier alpha value is -0.310. The third-order valence-corrected chi connectivity index (χ3v) is 4.42. The van der Waals surface area contributed by atoms with Gasteiger partial charge >= 0.3 is 0 Å². The van der Waals surface area contributed by atoms with Crippen molar-refractivity contribution >= 4 is 38.9 Å². The SMILES string of the molecule is Cc1sc(-c2ccc(Cl)cc2)cc1Br. The molecule has 0 atom stereocenters. The van der Waals surface area contributed by atoms with E-state index < -0.39 is 0 Å². The maximum Gasteiger partial charge on any atom is 0.0406 e. The second-order valence-corrected chi connectivity index (χ2v) is 5.57. The molecule has 0 saturated heterocycles. The highest BCUT2D eigenvalue weighted by atomic mass is 79.9. The second kappa shape index (κ2) is 4.05. The molecular weight excluding hydrogens is 280 g/mol. The maximum atomic E-state index is 5.83. The molecule has 2 aromatic rings. The van der Waals surface area contributed by atoms with E-state index in [-0.39, 0.29) is 0 Å². The summed E-state index contributed by atoms with van der Waals surface area (Å²) in [5, 5.41) is 0.779. The van der Waals surface area contributed by atoms with Crippen molar-refractivity contribution in [1.82, 2.24) is 0 Å². The minimum atomic E-state index is 0.779. The van der Waals surface area contributed by atoms with Crippen LogP contribution in [-0.2, 0) is 0 Å². The van der Waals surface area contributed by atoms with Crippen molar-refractivity contribution in [2.24, 2.45) is 0 Å². The van der Waals surface area contributed by atoms with Crippen LogP contribution in [0.2, 0.25) is 5.02 Å². The van der Waals surface area contributed by atoms with Gasteiger partial charge in [-0.2, -0.15) is 0 Å². The van der Waals surface area contributed by atoms with Crippen LogP contribution in [-0.4, -0.2) is 0 Å². The van der Waals surface area contributed by atoms with Gasteiger partial charge in [0.25, 0.3) is 0 Å². The Bertz CT molecular complexity index is 425. The lowest BCUT2D eigenvalue weighted by atomic mass is 10.2. The van der Waals surface area contributed by atoms with Crippen LogP contribution in [0.15, 0.2) is 34.8 Å². The Morgan fingerprint density at radius 1 is 1.21 bits per heavy atom. The van der Waals surface area contributed by atoms with E-state index in [2.05, 4.69) is 28.9 Å². The molecule has 0 fully saturated rings. The zero-order chi connectivity index (χ0) is 10.1. The van der Waals surface area contributed by atoms with Gasteiger partial charge in [0.05, 0.1) is 0 Å². The van der Waals surface area contributed by atoms with E-state index in [1.165, 1.54) is 19.8 Å². The highest BCUT2D eigenvalue weighted by Gasteiger charge is 2.04. The largest absolute Gasteiger partial charge is 0.139 e. The number of benzene rings is 1. The zero-order valence-corrected chi connectivity index (χ0v) is 10.7. The molecular formula is C11H8BrClS. The topological polar surface area (TPSA) is 0 Å². The number of thiophene rings is 1. The highest BCUT2D eigenvalue weighted by Crippen LogP contribution is 2.34. The quantitative estimate of drug-likeness (QED) is 0.681. The molecule has 0 radical (unpaired) electrons. The summed E-state index contributed by atoms with van der Waals surface area (Å²) in [6.07, 6.45) is 0. The highest BCUT2D eigenvalue weighted by molar-refractivity contribution is 9.10. The van der Waals surface area contributed by atoms with Crippen LogP contribution in [0.1, 0.15) is 4.88 Å². The van der Waals surface area contributed by atoms with Crippen molar-refractivity contribution in [2.75, 3.05) is 0 Å². The van der Waals surface area contributed by atoms with E-state index in [0.29, 0.717) is 0 Å². The Balaban J connectivity index is 2.44. The zero-order valence-electron chi connectivity index (χ0n) is 7.55. The standard InChI is InChI=1S/C11H8BrClS/c1-7-10(12)6-11(14-7)8-2-4-9(13)5-3-8/h2-6H,1H3. The molecule has 0 N–H and O–H groups in total. The second-order valence-electron chi connectivity index (χ2n) is 3.02. The van der Waals surface area contributed by atoms with Gasteiger partial charge in [-0.15, -0.1) is 11.3 Å². The Morgan fingerprint density at radius 2 is 1.86 bits per heavy atom. The fraction of sp³-hybridized carbons (Fsp3) is 0.0909. The molecule has 0 aliphatic heterocycles. The molecule has 0 nitrogen and oxygen atoms in total. The molecule has 14 heavy (non-hydrogen) atoms. The summed E-state index contributed by atoms with van der Waals surface area (Å²) < 4.78 is 1.17. The van der Waals surface area contributed by atoms with Crippen LogP contribution in [0.4, 0.5) is 0 Å². The van der Waals surface area contributed by atoms with E-state index in [0.717, 1.165) is 5.02 Å². The summed E-state index contributed by atoms with van der Waals surface area (Å²) in [5.41, 5.74) is 1.22. The van der Waals surface area contributed by atoms with Gasteiger partial charge in [-0.1, -0.05) is 23.7 Å². The Kier molecular flexibility index (Phi) is 2.96. The van der Waals surface area contributed by atoms with Crippen LogP contribution in [0.25, 0.3) is 10.4 Å². The third kappa shape index (κ3) is 2.02. The van der Waals surface area contributed by atoms with E-state index in [9.17, 15) is 0 Å². The third-order valence-electron chi connectivity index (χ3n) is 1.99.